The fourth-order valence-corrected chi connectivity index (χ4v) is 1.73. The van der Waals surface area contributed by atoms with Gasteiger partial charge in [-0.3, -0.25) is 4.98 Å². The Bertz CT molecular complexity index is 554. The Morgan fingerprint density at radius 2 is 2.17 bits per heavy atom. The molecule has 4 nitrogen and oxygen atoms in total. The Hall–Kier alpha value is -1.88. The number of carbonyl (C=O) groups is 1. The van der Waals surface area contributed by atoms with Gasteiger partial charge in [-0.15, -0.1) is 0 Å². The average Bonchev–Trinajstić information content (AvgIpc) is 2.37. The molecule has 1 aromatic heterocycles. The van der Waals surface area contributed by atoms with Crippen molar-refractivity contribution in [2.45, 2.75) is 6.61 Å². The molecule has 0 atom stereocenters. The van der Waals surface area contributed by atoms with Crippen LogP contribution in [0.1, 0.15) is 16.1 Å². The van der Waals surface area contributed by atoms with Crippen LogP contribution in [0.15, 0.2) is 47.1 Å². The highest BCUT2D eigenvalue weighted by atomic mass is 79.9. The van der Waals surface area contributed by atoms with Crippen molar-refractivity contribution in [3.05, 3.63) is 58.3 Å². The van der Waals surface area contributed by atoms with Gasteiger partial charge in [0.15, 0.2) is 0 Å². The van der Waals surface area contributed by atoms with Gasteiger partial charge in [0.05, 0.1) is 11.3 Å². The average molecular weight is 308 g/mol. The molecular weight excluding hydrogens is 298 g/mol. The van der Waals surface area contributed by atoms with Crippen LogP contribution in [0.2, 0.25) is 0 Å². The predicted molar refractivity (Wildman–Crippen MR) is 69.7 cm³/mol. The lowest BCUT2D eigenvalue weighted by atomic mass is 10.2. The molecule has 0 saturated carbocycles. The molecular formula is C13H10BrNO3. The van der Waals surface area contributed by atoms with E-state index >= 15 is 0 Å². The standard InChI is InChI=1S/C13H10BrNO3/c14-10-2-1-3-12(6-10)18-8-11-5-4-9(7-15-11)13(16)17/h1-7H,8H2,(H,16,17). The number of carboxylic acids is 1. The molecule has 0 saturated heterocycles. The van der Waals surface area contributed by atoms with E-state index in [0.717, 1.165) is 10.2 Å². The van der Waals surface area contributed by atoms with Gasteiger partial charge < -0.3 is 9.84 Å². The summed E-state index contributed by atoms with van der Waals surface area (Å²) >= 11 is 3.35. The van der Waals surface area contributed by atoms with Crippen molar-refractivity contribution < 1.29 is 14.6 Å². The Kier molecular flexibility index (Phi) is 3.94. The topological polar surface area (TPSA) is 59.4 Å². The molecule has 0 fully saturated rings. The number of nitrogens with zero attached hydrogens (tertiary/aromatic N) is 1. The van der Waals surface area contributed by atoms with Crippen LogP contribution in [0.3, 0.4) is 0 Å². The minimum Gasteiger partial charge on any atom is -0.487 e. The Morgan fingerprint density at radius 1 is 1.33 bits per heavy atom. The fraction of sp³-hybridized carbons (Fsp3) is 0.0769. The number of ether oxygens (including phenoxy) is 1. The molecule has 0 unspecified atom stereocenters. The van der Waals surface area contributed by atoms with Crippen molar-refractivity contribution in [2.75, 3.05) is 0 Å². The molecule has 0 spiro atoms. The first-order valence-electron chi connectivity index (χ1n) is 5.22. The second-order valence-electron chi connectivity index (χ2n) is 3.59. The van der Waals surface area contributed by atoms with Gasteiger partial charge in [0.2, 0.25) is 0 Å². The summed E-state index contributed by atoms with van der Waals surface area (Å²) in [6.07, 6.45) is 1.32. The first-order chi connectivity index (χ1) is 8.65. The van der Waals surface area contributed by atoms with Crippen LogP contribution in [-0.2, 0) is 6.61 Å². The number of aromatic carboxylic acids is 1. The molecule has 0 aliphatic rings. The zero-order valence-electron chi connectivity index (χ0n) is 9.34. The fourth-order valence-electron chi connectivity index (χ4n) is 1.35. The van der Waals surface area contributed by atoms with Crippen LogP contribution in [0.25, 0.3) is 0 Å². The smallest absolute Gasteiger partial charge is 0.337 e. The number of carboxylic acid groups (broad SMARTS) is 1. The van der Waals surface area contributed by atoms with Crippen LogP contribution in [0.4, 0.5) is 0 Å². The number of aromatic nitrogens is 1. The molecule has 92 valence electrons. The van der Waals surface area contributed by atoms with E-state index in [1.54, 1.807) is 6.07 Å². The zero-order valence-corrected chi connectivity index (χ0v) is 10.9. The molecule has 1 N–H and O–H groups in total. The quantitative estimate of drug-likeness (QED) is 0.943. The minimum atomic E-state index is -0.984. The van der Waals surface area contributed by atoms with Crippen LogP contribution in [0, 0.1) is 0 Å². The van der Waals surface area contributed by atoms with E-state index in [1.165, 1.54) is 12.3 Å². The van der Waals surface area contributed by atoms with Crippen molar-refractivity contribution in [1.29, 1.82) is 0 Å². The second-order valence-corrected chi connectivity index (χ2v) is 4.51. The lowest BCUT2D eigenvalue weighted by Crippen LogP contribution is -2.01. The molecule has 1 aromatic carbocycles. The third kappa shape index (κ3) is 3.30. The second kappa shape index (κ2) is 5.64. The summed E-state index contributed by atoms with van der Waals surface area (Å²) in [5.74, 6) is -0.254. The SMILES string of the molecule is O=C(O)c1ccc(COc2cccc(Br)c2)nc1. The third-order valence-corrected chi connectivity index (χ3v) is 2.75. The van der Waals surface area contributed by atoms with Crippen molar-refractivity contribution in [2.24, 2.45) is 0 Å². The molecule has 0 radical (unpaired) electrons. The first kappa shape index (κ1) is 12.6. The lowest BCUT2D eigenvalue weighted by molar-refractivity contribution is 0.0696. The lowest BCUT2D eigenvalue weighted by Gasteiger charge is -2.06. The van der Waals surface area contributed by atoms with Crippen LogP contribution in [0.5, 0.6) is 5.75 Å². The number of hydrogen-bond acceptors (Lipinski definition) is 3. The molecule has 2 aromatic rings. The Labute approximate surface area is 112 Å². The van der Waals surface area contributed by atoms with E-state index in [1.807, 2.05) is 24.3 Å². The number of rotatable bonds is 4. The number of pyridine rings is 1. The van der Waals surface area contributed by atoms with E-state index in [-0.39, 0.29) is 5.56 Å². The van der Waals surface area contributed by atoms with E-state index in [2.05, 4.69) is 20.9 Å². The monoisotopic (exact) mass is 307 g/mol. The Morgan fingerprint density at radius 3 is 2.78 bits per heavy atom. The molecule has 0 aliphatic carbocycles. The molecule has 5 heteroatoms. The molecule has 2 rings (SSSR count). The largest absolute Gasteiger partial charge is 0.487 e. The van der Waals surface area contributed by atoms with E-state index < -0.39 is 5.97 Å². The zero-order chi connectivity index (χ0) is 13.0. The van der Waals surface area contributed by atoms with Gasteiger partial charge in [0, 0.05) is 10.7 Å². The van der Waals surface area contributed by atoms with Crippen LogP contribution in [-0.4, -0.2) is 16.1 Å². The van der Waals surface area contributed by atoms with E-state index in [9.17, 15) is 4.79 Å². The predicted octanol–water partition coefficient (Wildman–Crippen LogP) is 3.12. The van der Waals surface area contributed by atoms with Gasteiger partial charge >= 0.3 is 5.97 Å². The minimum absolute atomic E-state index is 0.168. The van der Waals surface area contributed by atoms with Gasteiger partial charge in [-0.2, -0.15) is 0 Å². The van der Waals surface area contributed by atoms with Crippen molar-refractivity contribution in [3.8, 4) is 5.75 Å². The normalized spacial score (nSPS) is 10.1. The summed E-state index contributed by atoms with van der Waals surface area (Å²) in [5, 5.41) is 8.74. The summed E-state index contributed by atoms with van der Waals surface area (Å²) < 4.78 is 6.47. The van der Waals surface area contributed by atoms with Gasteiger partial charge in [0.1, 0.15) is 12.4 Å². The first-order valence-corrected chi connectivity index (χ1v) is 6.01. The van der Waals surface area contributed by atoms with Gasteiger partial charge in [-0.25, -0.2) is 4.79 Å². The van der Waals surface area contributed by atoms with Crippen molar-refractivity contribution in [1.82, 2.24) is 4.98 Å². The van der Waals surface area contributed by atoms with Crippen LogP contribution >= 0.6 is 15.9 Å². The van der Waals surface area contributed by atoms with Crippen LogP contribution < -0.4 is 4.74 Å². The molecule has 0 bridgehead atoms. The maximum Gasteiger partial charge on any atom is 0.337 e. The molecule has 0 aliphatic heterocycles. The number of benzene rings is 1. The number of halogens is 1. The summed E-state index contributed by atoms with van der Waals surface area (Å²) in [4.78, 5) is 14.7. The van der Waals surface area contributed by atoms with E-state index in [0.29, 0.717) is 12.3 Å². The maximum atomic E-state index is 10.7. The Balaban J connectivity index is 2.00. The van der Waals surface area contributed by atoms with Gasteiger partial charge in [0.25, 0.3) is 0 Å². The van der Waals surface area contributed by atoms with E-state index in [4.69, 9.17) is 9.84 Å². The third-order valence-electron chi connectivity index (χ3n) is 2.25. The van der Waals surface area contributed by atoms with Crippen molar-refractivity contribution >= 4 is 21.9 Å². The summed E-state index contributed by atoms with van der Waals surface area (Å²) in [6.45, 7) is 0.302. The highest BCUT2D eigenvalue weighted by Gasteiger charge is 2.03. The summed E-state index contributed by atoms with van der Waals surface area (Å²) in [6, 6.07) is 10.6. The maximum absolute atomic E-state index is 10.7. The highest BCUT2D eigenvalue weighted by molar-refractivity contribution is 9.10. The molecule has 0 amide bonds. The molecule has 1 heterocycles. The van der Waals surface area contributed by atoms with Gasteiger partial charge in [-0.1, -0.05) is 22.0 Å². The summed E-state index contributed by atoms with van der Waals surface area (Å²) in [7, 11) is 0. The van der Waals surface area contributed by atoms with Crippen molar-refractivity contribution in [3.63, 3.8) is 0 Å². The number of hydrogen-bond donors (Lipinski definition) is 1. The summed E-state index contributed by atoms with van der Waals surface area (Å²) in [5.41, 5.74) is 0.848. The molecule has 18 heavy (non-hydrogen) atoms. The van der Waals surface area contributed by atoms with Gasteiger partial charge in [-0.05, 0) is 30.3 Å². The highest BCUT2D eigenvalue weighted by Crippen LogP contribution is 2.18.